The van der Waals surface area contributed by atoms with Crippen LogP contribution in [0.3, 0.4) is 0 Å². The standard InChI is InChI=1S/C11H18N4O/c1-3-9(2)15-11(16)4-5-13-10-8-12-6-7-14-10/h6-9H,3-5H2,1-2H3,(H,13,14)(H,15,16). The lowest BCUT2D eigenvalue weighted by Gasteiger charge is -2.11. The van der Waals surface area contributed by atoms with E-state index in [-0.39, 0.29) is 11.9 Å². The lowest BCUT2D eigenvalue weighted by atomic mass is 10.2. The van der Waals surface area contributed by atoms with Gasteiger partial charge in [-0.05, 0) is 13.3 Å². The second kappa shape index (κ2) is 6.76. The lowest BCUT2D eigenvalue weighted by Crippen LogP contribution is -2.32. The van der Waals surface area contributed by atoms with Gasteiger partial charge in [-0.3, -0.25) is 9.78 Å². The maximum absolute atomic E-state index is 11.4. The van der Waals surface area contributed by atoms with E-state index in [9.17, 15) is 4.79 Å². The molecule has 0 fully saturated rings. The summed E-state index contributed by atoms with van der Waals surface area (Å²) >= 11 is 0. The van der Waals surface area contributed by atoms with Gasteiger partial charge in [-0.15, -0.1) is 0 Å². The molecule has 1 unspecified atom stereocenters. The topological polar surface area (TPSA) is 66.9 Å². The molecule has 0 saturated carbocycles. The quantitative estimate of drug-likeness (QED) is 0.758. The highest BCUT2D eigenvalue weighted by molar-refractivity contribution is 5.76. The fraction of sp³-hybridized carbons (Fsp3) is 0.545. The van der Waals surface area contributed by atoms with Crippen LogP contribution in [0.4, 0.5) is 5.82 Å². The number of rotatable bonds is 6. The van der Waals surface area contributed by atoms with E-state index in [1.807, 2.05) is 13.8 Å². The highest BCUT2D eigenvalue weighted by Gasteiger charge is 2.04. The predicted octanol–water partition coefficient (Wildman–Crippen LogP) is 1.19. The molecular weight excluding hydrogens is 204 g/mol. The Morgan fingerprint density at radius 2 is 2.31 bits per heavy atom. The molecule has 1 amide bonds. The number of carbonyl (C=O) groups is 1. The van der Waals surface area contributed by atoms with E-state index in [1.54, 1.807) is 18.6 Å². The third-order valence-electron chi connectivity index (χ3n) is 2.24. The third kappa shape index (κ3) is 4.72. The molecule has 1 aromatic heterocycles. The Bertz CT molecular complexity index is 315. The second-order valence-corrected chi connectivity index (χ2v) is 3.64. The Balaban J connectivity index is 2.18. The number of nitrogens with zero attached hydrogens (tertiary/aromatic N) is 2. The molecule has 1 heterocycles. The first-order valence-electron chi connectivity index (χ1n) is 5.51. The van der Waals surface area contributed by atoms with Gasteiger partial charge in [-0.2, -0.15) is 0 Å². The van der Waals surface area contributed by atoms with Gasteiger partial charge in [0.2, 0.25) is 5.91 Å². The first-order chi connectivity index (χ1) is 7.72. The molecule has 0 saturated heterocycles. The molecule has 5 nitrogen and oxygen atoms in total. The van der Waals surface area contributed by atoms with Gasteiger partial charge in [0.25, 0.3) is 0 Å². The highest BCUT2D eigenvalue weighted by Crippen LogP contribution is 1.97. The Hall–Kier alpha value is -1.65. The van der Waals surface area contributed by atoms with E-state index >= 15 is 0 Å². The van der Waals surface area contributed by atoms with Crippen LogP contribution in [0.1, 0.15) is 26.7 Å². The van der Waals surface area contributed by atoms with Crippen molar-refractivity contribution in [3.8, 4) is 0 Å². The lowest BCUT2D eigenvalue weighted by molar-refractivity contribution is -0.121. The largest absolute Gasteiger partial charge is 0.368 e. The van der Waals surface area contributed by atoms with E-state index in [2.05, 4.69) is 20.6 Å². The smallest absolute Gasteiger partial charge is 0.221 e. The molecule has 0 spiro atoms. The zero-order valence-corrected chi connectivity index (χ0v) is 9.73. The van der Waals surface area contributed by atoms with Gasteiger partial charge in [0.15, 0.2) is 0 Å². The molecular formula is C11H18N4O. The second-order valence-electron chi connectivity index (χ2n) is 3.64. The van der Waals surface area contributed by atoms with Crippen LogP contribution in [0.15, 0.2) is 18.6 Å². The van der Waals surface area contributed by atoms with Crippen molar-refractivity contribution in [3.63, 3.8) is 0 Å². The van der Waals surface area contributed by atoms with Crippen LogP contribution in [-0.4, -0.2) is 28.5 Å². The number of amides is 1. The van der Waals surface area contributed by atoms with Crippen LogP contribution in [0.5, 0.6) is 0 Å². The first kappa shape index (κ1) is 12.4. The van der Waals surface area contributed by atoms with E-state index in [4.69, 9.17) is 0 Å². The Kier molecular flexibility index (Phi) is 5.25. The first-order valence-corrected chi connectivity index (χ1v) is 5.51. The average Bonchev–Trinajstić information content (AvgIpc) is 2.30. The van der Waals surface area contributed by atoms with Crippen LogP contribution >= 0.6 is 0 Å². The molecule has 88 valence electrons. The summed E-state index contributed by atoms with van der Waals surface area (Å²) in [5.41, 5.74) is 0. The molecule has 0 aliphatic rings. The van der Waals surface area contributed by atoms with Gasteiger partial charge in [-0.1, -0.05) is 6.92 Å². The van der Waals surface area contributed by atoms with E-state index in [0.717, 1.165) is 6.42 Å². The SMILES string of the molecule is CCC(C)NC(=O)CCNc1cnccn1. The molecule has 0 radical (unpaired) electrons. The predicted molar refractivity (Wildman–Crippen MR) is 63.0 cm³/mol. The van der Waals surface area contributed by atoms with Gasteiger partial charge < -0.3 is 10.6 Å². The molecule has 0 aromatic carbocycles. The van der Waals surface area contributed by atoms with Crippen molar-refractivity contribution >= 4 is 11.7 Å². The van der Waals surface area contributed by atoms with E-state index in [0.29, 0.717) is 18.8 Å². The van der Waals surface area contributed by atoms with Crippen molar-refractivity contribution < 1.29 is 4.79 Å². The Morgan fingerprint density at radius 1 is 1.50 bits per heavy atom. The van der Waals surface area contributed by atoms with Crippen LogP contribution in [0, 0.1) is 0 Å². The molecule has 0 bridgehead atoms. The molecule has 1 atom stereocenters. The average molecular weight is 222 g/mol. The van der Waals surface area contributed by atoms with Crippen molar-refractivity contribution in [2.75, 3.05) is 11.9 Å². The van der Waals surface area contributed by atoms with Crippen molar-refractivity contribution in [2.24, 2.45) is 0 Å². The zero-order valence-electron chi connectivity index (χ0n) is 9.73. The molecule has 1 aromatic rings. The van der Waals surface area contributed by atoms with Gasteiger partial charge in [0.05, 0.1) is 6.20 Å². The molecule has 1 rings (SSSR count). The Labute approximate surface area is 95.7 Å². The van der Waals surface area contributed by atoms with E-state index in [1.165, 1.54) is 0 Å². The fourth-order valence-electron chi connectivity index (χ4n) is 1.14. The van der Waals surface area contributed by atoms with Gasteiger partial charge in [0.1, 0.15) is 5.82 Å². The van der Waals surface area contributed by atoms with Gasteiger partial charge >= 0.3 is 0 Å². The van der Waals surface area contributed by atoms with E-state index < -0.39 is 0 Å². The maximum atomic E-state index is 11.4. The molecule has 5 heteroatoms. The van der Waals surface area contributed by atoms with Crippen LogP contribution in [0.2, 0.25) is 0 Å². The summed E-state index contributed by atoms with van der Waals surface area (Å²) in [6.45, 7) is 4.61. The summed E-state index contributed by atoms with van der Waals surface area (Å²) in [4.78, 5) is 19.4. The molecule has 0 aliphatic heterocycles. The number of carbonyl (C=O) groups excluding carboxylic acids is 1. The van der Waals surface area contributed by atoms with Crippen LogP contribution in [0.25, 0.3) is 0 Å². The van der Waals surface area contributed by atoms with Crippen LogP contribution < -0.4 is 10.6 Å². The number of aromatic nitrogens is 2. The zero-order chi connectivity index (χ0) is 11.8. The van der Waals surface area contributed by atoms with Gasteiger partial charge in [0, 0.05) is 31.4 Å². The molecule has 16 heavy (non-hydrogen) atoms. The van der Waals surface area contributed by atoms with Crippen molar-refractivity contribution in [1.82, 2.24) is 15.3 Å². The number of anilines is 1. The number of hydrogen-bond donors (Lipinski definition) is 2. The minimum Gasteiger partial charge on any atom is -0.368 e. The van der Waals surface area contributed by atoms with Crippen molar-refractivity contribution in [1.29, 1.82) is 0 Å². The summed E-state index contributed by atoms with van der Waals surface area (Å²) < 4.78 is 0. The maximum Gasteiger partial charge on any atom is 0.221 e. The molecule has 2 N–H and O–H groups in total. The summed E-state index contributed by atoms with van der Waals surface area (Å²) in [6.07, 6.45) is 6.25. The monoisotopic (exact) mass is 222 g/mol. The Morgan fingerprint density at radius 3 is 2.94 bits per heavy atom. The van der Waals surface area contributed by atoms with Crippen molar-refractivity contribution in [3.05, 3.63) is 18.6 Å². The minimum absolute atomic E-state index is 0.0609. The highest BCUT2D eigenvalue weighted by atomic mass is 16.1. The summed E-state index contributed by atoms with van der Waals surface area (Å²) in [7, 11) is 0. The van der Waals surface area contributed by atoms with Gasteiger partial charge in [-0.25, -0.2) is 4.98 Å². The summed E-state index contributed by atoms with van der Waals surface area (Å²) in [5.74, 6) is 0.754. The number of nitrogens with one attached hydrogen (secondary N) is 2. The summed E-state index contributed by atoms with van der Waals surface area (Å²) in [5, 5.41) is 5.93. The normalized spacial score (nSPS) is 11.9. The molecule has 0 aliphatic carbocycles. The minimum atomic E-state index is 0.0609. The summed E-state index contributed by atoms with van der Waals surface area (Å²) in [6, 6.07) is 0.240. The van der Waals surface area contributed by atoms with Crippen molar-refractivity contribution in [2.45, 2.75) is 32.7 Å². The third-order valence-corrected chi connectivity index (χ3v) is 2.24. The number of hydrogen-bond acceptors (Lipinski definition) is 4. The fourth-order valence-corrected chi connectivity index (χ4v) is 1.14. The van der Waals surface area contributed by atoms with Crippen LogP contribution in [-0.2, 0) is 4.79 Å².